The first-order valence-electron chi connectivity index (χ1n) is 45.9. The van der Waals surface area contributed by atoms with Gasteiger partial charge in [0.05, 0.1) is 156 Å². The zero-order valence-electron chi connectivity index (χ0n) is 76.9. The van der Waals surface area contributed by atoms with Crippen LogP contribution in [0.1, 0.15) is 160 Å². The number of unbranched alkanes of at least 4 members (excludes halogenated alkanes) is 7. The Labute approximate surface area is 782 Å². The van der Waals surface area contributed by atoms with E-state index in [1.54, 1.807) is 32.6 Å². The van der Waals surface area contributed by atoms with E-state index >= 15 is 0 Å². The van der Waals surface area contributed by atoms with Crippen molar-refractivity contribution in [1.82, 2.24) is 82.2 Å². The van der Waals surface area contributed by atoms with Crippen molar-refractivity contribution in [3.8, 4) is 5.75 Å². The van der Waals surface area contributed by atoms with Gasteiger partial charge in [0.25, 0.3) is 0 Å². The Hall–Kier alpha value is -8.79. The first-order chi connectivity index (χ1) is 65.4. The second kappa shape index (κ2) is 63.0. The monoisotopic (exact) mass is 1950 g/mol. The Morgan fingerprint density at radius 3 is 0.971 bits per heavy atom. The second-order valence-electron chi connectivity index (χ2n) is 32.9. The molecule has 3 saturated heterocycles. The topological polar surface area (TPSA) is 615 Å². The number of nitrogens with one attached hydrogen (secondary N) is 7. The Balaban J connectivity index is 0.868. The summed E-state index contributed by atoms with van der Waals surface area (Å²) in [4.78, 5) is 103. The fraction of sp³-hybridized carbons (Fsp3) is 0.765. The van der Waals surface area contributed by atoms with Crippen LogP contribution in [0.25, 0.3) is 0 Å². The van der Waals surface area contributed by atoms with Crippen LogP contribution in [-0.4, -0.2) is 374 Å². The van der Waals surface area contributed by atoms with E-state index in [9.17, 15) is 106 Å². The van der Waals surface area contributed by atoms with Crippen molar-refractivity contribution >= 4 is 47.3 Å². The third-order valence-electron chi connectivity index (χ3n) is 22.1. The largest absolute Gasteiger partial charge is 0.420 e. The third-order valence-corrected chi connectivity index (χ3v) is 22.1. The van der Waals surface area contributed by atoms with Gasteiger partial charge in [0.15, 0.2) is 18.9 Å². The number of ether oxygens (including phenoxy) is 13. The molecule has 1 aromatic carbocycles. The van der Waals surface area contributed by atoms with E-state index in [1.807, 2.05) is 0 Å². The molecule has 770 valence electrons. The van der Waals surface area contributed by atoms with Crippen molar-refractivity contribution in [2.45, 2.75) is 279 Å². The summed E-state index contributed by atoms with van der Waals surface area (Å²) in [5.74, 6) is -17.3. The van der Waals surface area contributed by atoms with Gasteiger partial charge in [0, 0.05) is 96.6 Å². The molecule has 6 heterocycles. The average Bonchev–Trinajstić information content (AvgIpc) is 1.24. The average molecular weight is 1960 g/mol. The van der Waals surface area contributed by atoms with Crippen molar-refractivity contribution in [2.24, 2.45) is 0 Å². The zero-order valence-corrected chi connectivity index (χ0v) is 76.9. The minimum absolute atomic E-state index is 0.00624. The predicted molar refractivity (Wildman–Crippen MR) is 460 cm³/mol. The van der Waals surface area contributed by atoms with Gasteiger partial charge in [0.2, 0.25) is 76.2 Å². The van der Waals surface area contributed by atoms with Crippen molar-refractivity contribution in [3.05, 3.63) is 64.8 Å². The number of amides is 7. The van der Waals surface area contributed by atoms with Crippen molar-refractivity contribution in [2.75, 3.05) is 139 Å². The van der Waals surface area contributed by atoms with Crippen LogP contribution in [0.2, 0.25) is 0 Å². The highest BCUT2D eigenvalue weighted by Crippen LogP contribution is 2.32. The predicted octanol–water partition coefficient (Wildman–Crippen LogP) is -2.61. The number of carbonyl (C=O) groups is 8. The summed E-state index contributed by atoms with van der Waals surface area (Å²) < 4.78 is 147. The van der Waals surface area contributed by atoms with Gasteiger partial charge in [-0.1, -0.05) is 54.2 Å². The summed E-state index contributed by atoms with van der Waals surface area (Å²) in [6, 6.07) is -3.22. The fourth-order valence-electron chi connectivity index (χ4n) is 14.8. The number of nitrogens with zero attached hydrogens (tertiary/aromatic N) is 9. The lowest BCUT2D eigenvalue weighted by Gasteiger charge is -2.42. The molecule has 0 unspecified atom stereocenters. The molecule has 51 heteroatoms. The number of aromatic nitrogens is 9. The smallest absolute Gasteiger partial charge is 0.311 e. The molecule has 3 aromatic heterocycles. The van der Waals surface area contributed by atoms with Crippen LogP contribution in [0.3, 0.4) is 0 Å². The highest BCUT2D eigenvalue weighted by atomic mass is 19.2. The first kappa shape index (κ1) is 114. The molecule has 0 spiro atoms. The minimum Gasteiger partial charge on any atom is -0.420 e. The molecule has 0 saturated carbocycles. The van der Waals surface area contributed by atoms with Crippen LogP contribution in [0.4, 0.5) is 22.0 Å². The number of benzene rings is 1. The number of halogens is 5. The van der Waals surface area contributed by atoms with E-state index in [-0.39, 0.29) is 177 Å². The number of aliphatic hydroxyl groups excluding tert-OH is 9. The molecule has 136 heavy (non-hydrogen) atoms. The molecule has 46 nitrogen and oxygen atoms in total. The van der Waals surface area contributed by atoms with Crippen LogP contribution >= 0.6 is 0 Å². The van der Waals surface area contributed by atoms with E-state index < -0.39 is 199 Å². The summed E-state index contributed by atoms with van der Waals surface area (Å²) in [7, 11) is 0. The Kier molecular flexibility index (Phi) is 52.9. The van der Waals surface area contributed by atoms with Gasteiger partial charge in [0.1, 0.15) is 73.1 Å². The van der Waals surface area contributed by atoms with E-state index in [0.717, 1.165) is 0 Å². The SMILES string of the molecule is CC(=O)N[C@H]1[C@H](OCCCc2cn(CCOCCOCCNC(=O)CCC(CCC(=O)NCCOCCOCCn3cc(CCCO[C@@H]4O[C@H](CO)[C@H](O)[C@H](O)[C@H]4NC(C)=O)nn3)(CCC(=O)NCCOCCOCCn3cc(CCCO[C@@H]4O[C@H](CO)[C@H](O)[C@H](O)[C@H]4NC(C)=O)nn3)NC(=O)CCCCCCCCCCC(=O)Oc3c(F)c(F)c(F)c(F)c3F)nn2)O[C@H](CO)[C@H](O)[C@@H]1O. The fourth-order valence-corrected chi connectivity index (χ4v) is 14.8. The number of carbonyl (C=O) groups excluding carboxylic acids is 8. The van der Waals surface area contributed by atoms with Crippen molar-refractivity contribution < 1.29 is 168 Å². The summed E-state index contributed by atoms with van der Waals surface area (Å²) in [5.41, 5.74) is 0.647. The minimum atomic E-state index is -2.39. The van der Waals surface area contributed by atoms with Crippen LogP contribution in [0.5, 0.6) is 5.75 Å². The Morgan fingerprint density at radius 2 is 0.662 bits per heavy atom. The van der Waals surface area contributed by atoms with Crippen LogP contribution < -0.4 is 42.0 Å². The van der Waals surface area contributed by atoms with E-state index in [2.05, 4.69) is 72.9 Å². The standard InChI is InChI=1S/C85H135F5N16O30/c1-53(110)94-72-78(121)75(118)59(50-107)133-82(72)130-32-12-15-56-47-104(101-98-56)29-38-127-44-41-124-35-26-91-62(113)20-23-85(97-65(116)18-10-8-6-4-5-7-9-11-19-66(117)136-81-70(89)68(87)67(86)69(88)71(81)90,24-21-63(114)92-27-36-125-42-45-128-39-30-105-48-57(99-102-105)16-13-33-131-83-73(95-54(2)111)79(122)76(119)60(51-108)134-83)25-22-64(115)93-28-37-126-43-46-129-40-31-106-49-58(100-103-106)17-14-34-132-84-74(96-55(3)112)80(123)77(120)61(52-109)135-84/h47-49,59-61,72-80,82-84,107-109,118-123H,4-46,50-52H2,1-3H3,(H,91,113)(H,92,114)(H,93,115)(H,94,110)(H,95,111)(H,96,112)(H,97,116)/t59-,60-,61-,72-,73-,74-,75+,76+,77+,78-,79-,80-,82-,83-,84-/m1/s1. The van der Waals surface area contributed by atoms with Crippen molar-refractivity contribution in [3.63, 3.8) is 0 Å². The molecular weight excluding hydrogens is 1820 g/mol. The Morgan fingerprint density at radius 1 is 0.368 bits per heavy atom. The van der Waals surface area contributed by atoms with Gasteiger partial charge in [-0.05, 0) is 70.6 Å². The maximum atomic E-state index is 14.2. The molecule has 15 atom stereocenters. The number of rotatable bonds is 70. The molecular formula is C85H135F5N16O30. The van der Waals surface area contributed by atoms with Gasteiger partial charge < -0.3 is 145 Å². The highest BCUT2D eigenvalue weighted by molar-refractivity contribution is 5.80. The van der Waals surface area contributed by atoms with Gasteiger partial charge in [-0.2, -0.15) is 8.78 Å². The molecule has 7 rings (SSSR count). The number of hydrogen-bond acceptors (Lipinski definition) is 36. The normalized spacial score (nSPS) is 21.8. The van der Waals surface area contributed by atoms with Gasteiger partial charge in [-0.15, -0.1) is 15.3 Å². The van der Waals surface area contributed by atoms with E-state index in [4.69, 9.17) is 56.8 Å². The number of aliphatic hydroxyl groups is 9. The summed E-state index contributed by atoms with van der Waals surface area (Å²) in [6.07, 6.45) is -3.91. The van der Waals surface area contributed by atoms with Crippen molar-refractivity contribution in [1.29, 1.82) is 0 Å². The Bertz CT molecular complexity index is 3850. The van der Waals surface area contributed by atoms with Gasteiger partial charge >= 0.3 is 5.97 Å². The van der Waals surface area contributed by atoms with Gasteiger partial charge in [-0.25, -0.2) is 27.2 Å². The molecule has 16 N–H and O–H groups in total. The lowest BCUT2D eigenvalue weighted by Crippen LogP contribution is -2.64. The maximum absolute atomic E-state index is 14.2. The van der Waals surface area contributed by atoms with Crippen LogP contribution in [0, 0.1) is 29.1 Å². The first-order valence-corrected chi connectivity index (χ1v) is 45.9. The molecule has 4 aromatic rings. The molecule has 3 fully saturated rings. The molecule has 3 aliphatic heterocycles. The summed E-state index contributed by atoms with van der Waals surface area (Å²) >= 11 is 0. The highest BCUT2D eigenvalue weighted by Gasteiger charge is 2.48. The zero-order chi connectivity index (χ0) is 98.7. The molecule has 0 bridgehead atoms. The van der Waals surface area contributed by atoms with E-state index in [0.29, 0.717) is 120 Å². The molecule has 0 radical (unpaired) electrons. The lowest BCUT2D eigenvalue weighted by molar-refractivity contribution is -0.270. The van der Waals surface area contributed by atoms with Gasteiger partial charge in [-0.3, -0.25) is 38.4 Å². The lowest BCUT2D eigenvalue weighted by atomic mass is 9.82. The van der Waals surface area contributed by atoms with E-state index in [1.165, 1.54) is 20.8 Å². The molecule has 3 aliphatic rings. The number of aryl methyl sites for hydroxylation is 3. The second-order valence-corrected chi connectivity index (χ2v) is 32.9. The summed E-state index contributed by atoms with van der Waals surface area (Å²) in [6.45, 7) is 5.84. The van der Waals surface area contributed by atoms with Crippen LogP contribution in [0.15, 0.2) is 18.6 Å². The van der Waals surface area contributed by atoms with Crippen LogP contribution in [-0.2, 0) is 134 Å². The third kappa shape index (κ3) is 40.9. The summed E-state index contributed by atoms with van der Waals surface area (Å²) in [5, 5.41) is 136. The molecule has 0 aliphatic carbocycles. The number of esters is 1. The molecule has 7 amide bonds. The maximum Gasteiger partial charge on any atom is 0.311 e. The quantitative estimate of drug-likeness (QED) is 0.00538. The number of hydrogen-bond donors (Lipinski definition) is 16.